The van der Waals surface area contributed by atoms with E-state index >= 15 is 0 Å². The molecule has 9 heteroatoms. The average molecular weight is 464 g/mol. The van der Waals surface area contributed by atoms with Crippen LogP contribution in [-0.2, 0) is 21.4 Å². The summed E-state index contributed by atoms with van der Waals surface area (Å²) in [6.45, 7) is 3.37. The summed E-state index contributed by atoms with van der Waals surface area (Å²) in [6.07, 6.45) is 0.735. The molecule has 0 heterocycles. The summed E-state index contributed by atoms with van der Waals surface area (Å²) in [5.41, 5.74) is 0.542. The molecular formula is C19H21Cl3N2O3S. The summed E-state index contributed by atoms with van der Waals surface area (Å²) in [5, 5.41) is 3.96. The zero-order chi connectivity index (χ0) is 20.9. The van der Waals surface area contributed by atoms with E-state index in [1.807, 2.05) is 13.8 Å². The normalized spacial score (nSPS) is 12.8. The van der Waals surface area contributed by atoms with Crippen molar-refractivity contribution in [1.82, 2.24) is 9.62 Å². The molecule has 1 atom stereocenters. The molecule has 0 unspecified atom stereocenters. The Bertz CT molecular complexity index is 934. The summed E-state index contributed by atoms with van der Waals surface area (Å²) in [4.78, 5) is 12.4. The molecule has 1 amide bonds. The number of carbonyl (C=O) groups excluding carboxylic acids is 1. The lowest BCUT2D eigenvalue weighted by Gasteiger charge is -2.23. The minimum absolute atomic E-state index is 0.0401. The topological polar surface area (TPSA) is 66.5 Å². The van der Waals surface area contributed by atoms with Gasteiger partial charge in [-0.25, -0.2) is 8.42 Å². The van der Waals surface area contributed by atoms with Gasteiger partial charge < -0.3 is 5.32 Å². The summed E-state index contributed by atoms with van der Waals surface area (Å²) in [5.74, 6) is -0.392. The Hall–Kier alpha value is -1.31. The molecule has 2 rings (SSSR count). The fourth-order valence-electron chi connectivity index (χ4n) is 2.40. The number of hydrogen-bond donors (Lipinski definition) is 1. The number of hydrogen-bond acceptors (Lipinski definition) is 3. The first kappa shape index (κ1) is 23.0. The quantitative estimate of drug-likeness (QED) is 0.614. The number of rotatable bonds is 8. The molecule has 0 aliphatic rings. The van der Waals surface area contributed by atoms with Crippen LogP contribution in [0.2, 0.25) is 15.1 Å². The highest BCUT2D eigenvalue weighted by molar-refractivity contribution is 7.89. The summed E-state index contributed by atoms with van der Waals surface area (Å²) >= 11 is 18.0. The lowest BCUT2D eigenvalue weighted by Crippen LogP contribution is -2.43. The predicted octanol–water partition coefficient (Wildman–Crippen LogP) is 4.75. The van der Waals surface area contributed by atoms with Crippen LogP contribution in [-0.4, -0.2) is 31.2 Å². The van der Waals surface area contributed by atoms with Crippen LogP contribution in [0.15, 0.2) is 47.4 Å². The molecule has 0 saturated heterocycles. The van der Waals surface area contributed by atoms with Crippen LogP contribution in [0.25, 0.3) is 0 Å². The molecule has 2 aromatic rings. The van der Waals surface area contributed by atoms with Gasteiger partial charge in [0.05, 0.1) is 11.4 Å². The van der Waals surface area contributed by atoms with Crippen molar-refractivity contribution in [2.75, 3.05) is 6.54 Å². The minimum atomic E-state index is -3.96. The van der Waals surface area contributed by atoms with E-state index in [1.54, 1.807) is 12.1 Å². The monoisotopic (exact) mass is 462 g/mol. The fraction of sp³-hybridized carbons (Fsp3) is 0.316. The van der Waals surface area contributed by atoms with Crippen LogP contribution in [0.4, 0.5) is 0 Å². The van der Waals surface area contributed by atoms with E-state index in [-0.39, 0.29) is 24.0 Å². The number of halogens is 3. The Labute approximate surface area is 180 Å². The number of benzene rings is 2. The van der Waals surface area contributed by atoms with Crippen molar-refractivity contribution in [1.29, 1.82) is 0 Å². The van der Waals surface area contributed by atoms with Gasteiger partial charge >= 0.3 is 0 Å². The van der Waals surface area contributed by atoms with E-state index in [0.717, 1.165) is 10.7 Å². The number of nitrogens with zero attached hydrogens (tertiary/aromatic N) is 1. The smallest absolute Gasteiger partial charge is 0.243 e. The van der Waals surface area contributed by atoms with E-state index < -0.39 is 15.9 Å². The number of sulfonamides is 1. The zero-order valence-corrected chi connectivity index (χ0v) is 18.5. The first-order valence-electron chi connectivity index (χ1n) is 8.62. The van der Waals surface area contributed by atoms with E-state index in [0.29, 0.717) is 20.6 Å². The summed E-state index contributed by atoms with van der Waals surface area (Å²) in [6, 6.07) is 10.5. The lowest BCUT2D eigenvalue weighted by molar-refractivity contribution is -0.122. The van der Waals surface area contributed by atoms with Crippen molar-refractivity contribution in [3.8, 4) is 0 Å². The van der Waals surface area contributed by atoms with Crippen LogP contribution in [0.1, 0.15) is 25.8 Å². The average Bonchev–Trinajstić information content (AvgIpc) is 2.63. The maximum atomic E-state index is 13.2. The highest BCUT2D eigenvalue weighted by Crippen LogP contribution is 2.25. The molecule has 0 fully saturated rings. The van der Waals surface area contributed by atoms with Gasteiger partial charge in [0.15, 0.2) is 0 Å². The molecule has 0 radical (unpaired) electrons. The molecule has 0 aromatic heterocycles. The van der Waals surface area contributed by atoms with Gasteiger partial charge in [-0.3, -0.25) is 4.79 Å². The zero-order valence-electron chi connectivity index (χ0n) is 15.5. The van der Waals surface area contributed by atoms with Crippen LogP contribution < -0.4 is 5.32 Å². The second kappa shape index (κ2) is 9.94. The summed E-state index contributed by atoms with van der Waals surface area (Å²) < 4.78 is 27.4. The van der Waals surface area contributed by atoms with Crippen LogP contribution >= 0.6 is 34.8 Å². The van der Waals surface area contributed by atoms with Gasteiger partial charge in [0, 0.05) is 27.7 Å². The Morgan fingerprint density at radius 3 is 2.25 bits per heavy atom. The largest absolute Gasteiger partial charge is 0.353 e. The molecular weight excluding hydrogens is 443 g/mol. The van der Waals surface area contributed by atoms with Crippen molar-refractivity contribution in [3.63, 3.8) is 0 Å². The maximum absolute atomic E-state index is 13.2. The van der Waals surface area contributed by atoms with Crippen LogP contribution in [0, 0.1) is 0 Å². The first-order valence-corrected chi connectivity index (χ1v) is 11.2. The third-order valence-electron chi connectivity index (χ3n) is 4.15. The Morgan fingerprint density at radius 1 is 1.07 bits per heavy atom. The van der Waals surface area contributed by atoms with Crippen molar-refractivity contribution in [2.24, 2.45) is 0 Å². The molecule has 0 spiro atoms. The molecule has 0 saturated carbocycles. The molecule has 2 aromatic carbocycles. The van der Waals surface area contributed by atoms with Gasteiger partial charge in [0.2, 0.25) is 15.9 Å². The van der Waals surface area contributed by atoms with Gasteiger partial charge in [-0.05, 0) is 55.3 Å². The molecule has 28 heavy (non-hydrogen) atoms. The number of nitrogens with one attached hydrogen (secondary N) is 1. The lowest BCUT2D eigenvalue weighted by atomic mass is 10.2. The Balaban J connectivity index is 2.36. The SMILES string of the molecule is CC[C@H](C)NC(=O)CN(Cc1ccc(Cl)cc1Cl)S(=O)(=O)c1ccc(Cl)cc1. The molecule has 1 N–H and O–H groups in total. The van der Waals surface area contributed by atoms with Crippen LogP contribution in [0.5, 0.6) is 0 Å². The van der Waals surface area contributed by atoms with Crippen molar-refractivity contribution in [2.45, 2.75) is 37.8 Å². The standard InChI is InChI=1S/C19H21Cl3N2O3S/c1-3-13(2)23-19(25)12-24(11-14-4-5-16(21)10-18(14)22)28(26,27)17-8-6-15(20)7-9-17/h4-10,13H,3,11-12H2,1-2H3,(H,23,25)/t13-/m0/s1. The molecule has 5 nitrogen and oxygen atoms in total. The Morgan fingerprint density at radius 2 is 1.68 bits per heavy atom. The van der Waals surface area contributed by atoms with Crippen LogP contribution in [0.3, 0.4) is 0 Å². The van der Waals surface area contributed by atoms with Gasteiger partial charge in [0.1, 0.15) is 0 Å². The molecule has 152 valence electrons. The second-order valence-electron chi connectivity index (χ2n) is 6.34. The van der Waals surface area contributed by atoms with Gasteiger partial charge in [-0.15, -0.1) is 0 Å². The van der Waals surface area contributed by atoms with Gasteiger partial charge in [-0.2, -0.15) is 4.31 Å². The molecule has 0 aliphatic carbocycles. The first-order chi connectivity index (χ1) is 13.1. The fourth-order valence-corrected chi connectivity index (χ4v) is 4.37. The van der Waals surface area contributed by atoms with Crippen molar-refractivity contribution < 1.29 is 13.2 Å². The maximum Gasteiger partial charge on any atom is 0.243 e. The number of amides is 1. The highest BCUT2D eigenvalue weighted by atomic mass is 35.5. The molecule has 0 bridgehead atoms. The minimum Gasteiger partial charge on any atom is -0.353 e. The van der Waals surface area contributed by atoms with E-state index in [9.17, 15) is 13.2 Å². The second-order valence-corrected chi connectivity index (χ2v) is 9.56. The highest BCUT2D eigenvalue weighted by Gasteiger charge is 2.28. The predicted molar refractivity (Wildman–Crippen MR) is 113 cm³/mol. The third kappa shape index (κ3) is 6.09. The van der Waals surface area contributed by atoms with E-state index in [1.165, 1.54) is 30.3 Å². The van der Waals surface area contributed by atoms with E-state index in [4.69, 9.17) is 34.8 Å². The van der Waals surface area contributed by atoms with Crippen molar-refractivity contribution >= 4 is 50.7 Å². The summed E-state index contributed by atoms with van der Waals surface area (Å²) in [7, 11) is -3.96. The van der Waals surface area contributed by atoms with Gasteiger partial charge in [-0.1, -0.05) is 47.8 Å². The third-order valence-corrected chi connectivity index (χ3v) is 6.80. The molecule has 0 aliphatic heterocycles. The number of carbonyl (C=O) groups is 1. The van der Waals surface area contributed by atoms with E-state index in [2.05, 4.69) is 5.32 Å². The van der Waals surface area contributed by atoms with Crippen molar-refractivity contribution in [3.05, 3.63) is 63.1 Å². The Kier molecular flexibility index (Phi) is 8.16. The van der Waals surface area contributed by atoms with Gasteiger partial charge in [0.25, 0.3) is 0 Å².